The van der Waals surface area contributed by atoms with E-state index in [1.54, 1.807) is 0 Å². The van der Waals surface area contributed by atoms with Crippen LogP contribution in [-0.4, -0.2) is 31.0 Å². The molecular weight excluding hydrogens is 280 g/mol. The number of hydrogen-bond acceptors (Lipinski definition) is 3. The highest BCUT2D eigenvalue weighted by Crippen LogP contribution is 2.31. The van der Waals surface area contributed by atoms with Gasteiger partial charge in [-0.25, -0.2) is 0 Å². The van der Waals surface area contributed by atoms with Crippen LogP contribution in [0.3, 0.4) is 0 Å². The highest BCUT2D eigenvalue weighted by atomic mass is 16.5. The molecule has 3 rings (SSSR count). The van der Waals surface area contributed by atoms with Gasteiger partial charge in [-0.15, -0.1) is 0 Å². The monoisotopic (exact) mass is 302 g/mol. The summed E-state index contributed by atoms with van der Waals surface area (Å²) in [6.07, 6.45) is 6.93. The molecule has 1 heterocycles. The van der Waals surface area contributed by atoms with Gasteiger partial charge in [0.1, 0.15) is 12.3 Å². The Hall–Kier alpha value is -2.04. The smallest absolute Gasteiger partial charge is 0.265 e. The second-order valence-electron chi connectivity index (χ2n) is 5.99. The van der Waals surface area contributed by atoms with E-state index >= 15 is 0 Å². The number of anilines is 1. The third kappa shape index (κ3) is 3.40. The fourth-order valence-electron chi connectivity index (χ4n) is 3.17. The van der Waals surface area contributed by atoms with Gasteiger partial charge in [-0.3, -0.25) is 14.5 Å². The van der Waals surface area contributed by atoms with Crippen molar-refractivity contribution in [3.05, 3.63) is 24.3 Å². The van der Waals surface area contributed by atoms with Gasteiger partial charge in [-0.2, -0.15) is 0 Å². The molecule has 0 spiro atoms. The number of nitrogens with one attached hydrogen (secondary N) is 1. The summed E-state index contributed by atoms with van der Waals surface area (Å²) >= 11 is 0. The van der Waals surface area contributed by atoms with E-state index in [0.717, 1.165) is 12.8 Å². The molecule has 5 heteroatoms. The minimum atomic E-state index is -0.172. The molecule has 1 aliphatic carbocycles. The van der Waals surface area contributed by atoms with Gasteiger partial charge in [0.2, 0.25) is 5.91 Å². The van der Waals surface area contributed by atoms with Gasteiger partial charge in [-0.1, -0.05) is 37.8 Å². The van der Waals surface area contributed by atoms with Crippen molar-refractivity contribution < 1.29 is 14.3 Å². The number of rotatable bonds is 3. The van der Waals surface area contributed by atoms with Crippen LogP contribution < -0.4 is 15.0 Å². The number of fused-ring (bicyclic) bond motifs is 1. The number of ether oxygens (including phenoxy) is 1. The summed E-state index contributed by atoms with van der Waals surface area (Å²) in [4.78, 5) is 25.9. The molecule has 0 aromatic heterocycles. The fraction of sp³-hybridized carbons (Fsp3) is 0.529. The third-order valence-corrected chi connectivity index (χ3v) is 4.33. The van der Waals surface area contributed by atoms with Crippen LogP contribution in [-0.2, 0) is 9.59 Å². The average molecular weight is 302 g/mol. The lowest BCUT2D eigenvalue weighted by molar-refractivity contribution is -0.125. The molecule has 1 aliphatic heterocycles. The maximum Gasteiger partial charge on any atom is 0.265 e. The van der Waals surface area contributed by atoms with Crippen molar-refractivity contribution in [2.45, 2.75) is 44.6 Å². The lowest BCUT2D eigenvalue weighted by Crippen LogP contribution is -2.47. The van der Waals surface area contributed by atoms with Crippen molar-refractivity contribution >= 4 is 17.5 Å². The summed E-state index contributed by atoms with van der Waals surface area (Å²) in [6.45, 7) is 0.0590. The molecule has 0 atom stereocenters. The van der Waals surface area contributed by atoms with Gasteiger partial charge in [0.15, 0.2) is 6.61 Å². The molecule has 1 saturated carbocycles. The zero-order valence-corrected chi connectivity index (χ0v) is 12.7. The highest BCUT2D eigenvalue weighted by molar-refractivity contribution is 6.02. The van der Waals surface area contributed by atoms with Crippen LogP contribution in [0.4, 0.5) is 5.69 Å². The van der Waals surface area contributed by atoms with Crippen LogP contribution in [0.15, 0.2) is 24.3 Å². The maximum absolute atomic E-state index is 12.3. The van der Waals surface area contributed by atoms with E-state index in [9.17, 15) is 9.59 Å². The number of benzene rings is 1. The van der Waals surface area contributed by atoms with E-state index in [4.69, 9.17) is 4.74 Å². The first kappa shape index (κ1) is 14.9. The highest BCUT2D eigenvalue weighted by Gasteiger charge is 2.27. The zero-order chi connectivity index (χ0) is 15.4. The average Bonchev–Trinajstić information content (AvgIpc) is 2.79. The first-order chi connectivity index (χ1) is 10.7. The molecular formula is C17H22N2O3. The van der Waals surface area contributed by atoms with Crippen molar-refractivity contribution in [3.8, 4) is 5.75 Å². The van der Waals surface area contributed by atoms with E-state index in [0.29, 0.717) is 11.4 Å². The Morgan fingerprint density at radius 1 is 1.18 bits per heavy atom. The number of amides is 2. The molecule has 1 aromatic carbocycles. The predicted molar refractivity (Wildman–Crippen MR) is 83.9 cm³/mol. The number of carbonyl (C=O) groups excluding carboxylic acids is 2. The summed E-state index contributed by atoms with van der Waals surface area (Å²) in [5.41, 5.74) is 0.676. The van der Waals surface area contributed by atoms with Crippen LogP contribution in [0.5, 0.6) is 5.75 Å². The maximum atomic E-state index is 12.3. The first-order valence-electron chi connectivity index (χ1n) is 8.05. The Labute approximate surface area is 130 Å². The van der Waals surface area contributed by atoms with Crippen LogP contribution >= 0.6 is 0 Å². The molecule has 0 bridgehead atoms. The van der Waals surface area contributed by atoms with E-state index in [1.807, 2.05) is 24.3 Å². The molecule has 0 unspecified atom stereocenters. The molecule has 0 saturated heterocycles. The normalized spacial score (nSPS) is 19.1. The molecule has 2 aliphatic rings. The van der Waals surface area contributed by atoms with Crippen LogP contribution in [0.2, 0.25) is 0 Å². The van der Waals surface area contributed by atoms with Gasteiger partial charge in [-0.05, 0) is 25.0 Å². The molecule has 118 valence electrons. The molecule has 1 fully saturated rings. The van der Waals surface area contributed by atoms with E-state index in [1.165, 1.54) is 30.6 Å². The Balaban J connectivity index is 1.64. The minimum Gasteiger partial charge on any atom is -0.482 e. The summed E-state index contributed by atoms with van der Waals surface area (Å²) in [5, 5.41) is 3.08. The topological polar surface area (TPSA) is 58.6 Å². The second-order valence-corrected chi connectivity index (χ2v) is 5.99. The lowest BCUT2D eigenvalue weighted by atomic mass is 10.1. The zero-order valence-electron chi connectivity index (χ0n) is 12.7. The van der Waals surface area contributed by atoms with Crippen LogP contribution in [0.25, 0.3) is 0 Å². The van der Waals surface area contributed by atoms with Crippen molar-refractivity contribution in [1.29, 1.82) is 0 Å². The van der Waals surface area contributed by atoms with Crippen molar-refractivity contribution in [2.75, 3.05) is 18.1 Å². The van der Waals surface area contributed by atoms with E-state index in [-0.39, 0.29) is 31.0 Å². The van der Waals surface area contributed by atoms with E-state index < -0.39 is 0 Å². The summed E-state index contributed by atoms with van der Waals surface area (Å²) in [5.74, 6) is 0.399. The lowest BCUT2D eigenvalue weighted by Gasteiger charge is -2.29. The first-order valence-corrected chi connectivity index (χ1v) is 8.05. The molecule has 2 amide bonds. The van der Waals surface area contributed by atoms with Crippen LogP contribution in [0, 0.1) is 0 Å². The van der Waals surface area contributed by atoms with Gasteiger partial charge >= 0.3 is 0 Å². The minimum absolute atomic E-state index is 0.00623. The SMILES string of the molecule is O=C(CN1C(=O)COc2ccccc21)NC1CCCCCC1. The summed E-state index contributed by atoms with van der Waals surface area (Å²) < 4.78 is 5.39. The quantitative estimate of drug-likeness (QED) is 0.871. The van der Waals surface area contributed by atoms with Gasteiger partial charge in [0, 0.05) is 6.04 Å². The Morgan fingerprint density at radius 2 is 1.91 bits per heavy atom. The Bertz CT molecular complexity index is 551. The summed E-state index contributed by atoms with van der Waals surface area (Å²) in [6, 6.07) is 7.58. The van der Waals surface area contributed by atoms with Crippen molar-refractivity contribution in [1.82, 2.24) is 5.32 Å². The molecule has 5 nitrogen and oxygen atoms in total. The Kier molecular flexibility index (Phi) is 4.61. The van der Waals surface area contributed by atoms with Crippen LogP contribution in [0.1, 0.15) is 38.5 Å². The predicted octanol–water partition coefficient (Wildman–Crippen LogP) is 2.25. The molecule has 1 N–H and O–H groups in total. The van der Waals surface area contributed by atoms with Crippen molar-refractivity contribution in [3.63, 3.8) is 0 Å². The third-order valence-electron chi connectivity index (χ3n) is 4.33. The van der Waals surface area contributed by atoms with Crippen molar-refractivity contribution in [2.24, 2.45) is 0 Å². The molecule has 1 aromatic rings. The van der Waals surface area contributed by atoms with Gasteiger partial charge in [0.05, 0.1) is 5.69 Å². The number of hydrogen-bond donors (Lipinski definition) is 1. The number of para-hydroxylation sites is 2. The largest absolute Gasteiger partial charge is 0.482 e. The van der Waals surface area contributed by atoms with Gasteiger partial charge < -0.3 is 10.1 Å². The van der Waals surface area contributed by atoms with Gasteiger partial charge in [0.25, 0.3) is 5.91 Å². The van der Waals surface area contributed by atoms with E-state index in [2.05, 4.69) is 5.32 Å². The summed E-state index contributed by atoms with van der Waals surface area (Å²) in [7, 11) is 0. The number of carbonyl (C=O) groups is 2. The second kappa shape index (κ2) is 6.81. The number of nitrogens with zero attached hydrogens (tertiary/aromatic N) is 1. The standard InChI is InChI=1S/C17H22N2O3/c20-16(18-13-7-3-1-2-4-8-13)11-19-14-9-5-6-10-15(14)22-12-17(19)21/h5-6,9-10,13H,1-4,7-8,11-12H2,(H,18,20). The fourth-order valence-corrected chi connectivity index (χ4v) is 3.17. The molecule has 0 radical (unpaired) electrons. The molecule has 22 heavy (non-hydrogen) atoms. The Morgan fingerprint density at radius 3 is 2.68 bits per heavy atom.